The molecule has 2 rings (SSSR count). The molecule has 0 aliphatic heterocycles. The zero-order valence-corrected chi connectivity index (χ0v) is 11.1. The van der Waals surface area contributed by atoms with Crippen LogP contribution in [0, 0.1) is 6.92 Å². The Labute approximate surface area is 117 Å². The van der Waals surface area contributed by atoms with Gasteiger partial charge in [0.25, 0.3) is 10.1 Å². The van der Waals surface area contributed by atoms with Gasteiger partial charge in [0.2, 0.25) is 0 Å². The normalized spacial score (nSPS) is 11.2. The van der Waals surface area contributed by atoms with E-state index in [4.69, 9.17) is 9.66 Å². The maximum absolute atomic E-state index is 11.1. The first kappa shape index (κ1) is 14.8. The molecule has 0 spiro atoms. The van der Waals surface area contributed by atoms with Crippen LogP contribution < -0.4 is 0 Å². The number of aromatic amines is 1. The molecule has 0 radical (unpaired) electrons. The molecule has 10 heteroatoms. The maximum atomic E-state index is 11.1. The summed E-state index contributed by atoms with van der Waals surface area (Å²) in [6, 6.07) is 1.05. The number of nitrogens with zero attached hydrogens (tertiary/aromatic N) is 2. The number of hydrogen-bond acceptors (Lipinski definition) is 5. The van der Waals surface area contributed by atoms with Crippen molar-refractivity contribution in [2.24, 2.45) is 0 Å². The van der Waals surface area contributed by atoms with E-state index in [1.165, 1.54) is 6.92 Å². The predicted octanol–water partition coefficient (Wildman–Crippen LogP) is 0.209. The van der Waals surface area contributed by atoms with Crippen LogP contribution >= 0.6 is 0 Å². The van der Waals surface area contributed by atoms with Crippen molar-refractivity contribution in [3.63, 3.8) is 0 Å². The average molecular weight is 365 g/mol. The van der Waals surface area contributed by atoms with Crippen LogP contribution in [0.25, 0.3) is 11.0 Å². The van der Waals surface area contributed by atoms with Crippen molar-refractivity contribution in [2.45, 2.75) is 11.8 Å². The second-order valence-corrected chi connectivity index (χ2v) is 4.76. The van der Waals surface area contributed by atoms with Gasteiger partial charge in [-0.1, -0.05) is 0 Å². The monoisotopic (exact) mass is 364 g/mol. The fourth-order valence-electron chi connectivity index (χ4n) is 1.57. The second kappa shape index (κ2) is 4.78. The minimum atomic E-state index is -4.48. The first-order valence-electron chi connectivity index (χ1n) is 4.37. The smallest absolute Gasteiger partial charge is 0.478 e. The van der Waals surface area contributed by atoms with Crippen molar-refractivity contribution < 1.29 is 45.3 Å². The van der Waals surface area contributed by atoms with Crippen LogP contribution in [0.4, 0.5) is 0 Å². The molecule has 0 amide bonds. The topological polar surface area (TPSA) is 133 Å². The molecule has 0 atom stereocenters. The SMILES string of the molecule is Cc1cc(S(=O)(=O)O)c2n[nH]nc2c1C(=O)O.[Ag+]. The molecule has 0 aliphatic carbocycles. The van der Waals surface area contributed by atoms with Gasteiger partial charge < -0.3 is 5.11 Å². The fraction of sp³-hybridized carbons (Fsp3) is 0.125. The molecular formula is C8H7AgN3O5S+. The molecule has 0 unspecified atom stereocenters. The molecule has 100 valence electrons. The molecule has 0 fully saturated rings. The Balaban J connectivity index is 0.00000162. The van der Waals surface area contributed by atoms with Crippen molar-refractivity contribution in [3.8, 4) is 0 Å². The van der Waals surface area contributed by atoms with Gasteiger partial charge >= 0.3 is 28.3 Å². The third kappa shape index (κ3) is 2.31. The molecule has 0 bridgehead atoms. The molecular weight excluding hydrogens is 358 g/mol. The van der Waals surface area contributed by atoms with Crippen LogP contribution in [0.1, 0.15) is 15.9 Å². The number of benzene rings is 1. The standard InChI is InChI=1S/C8H7N3O5S.Ag/c1-3-2-4(17(14,15)16)6-7(10-11-9-6)5(3)8(12)13;/h2H,1H3,(H,12,13)(H,9,10,11)(H,14,15,16);/q;+1. The van der Waals surface area contributed by atoms with Gasteiger partial charge in [0, 0.05) is 0 Å². The predicted molar refractivity (Wildman–Crippen MR) is 55.4 cm³/mol. The summed E-state index contributed by atoms with van der Waals surface area (Å²) in [6.07, 6.45) is 0. The summed E-state index contributed by atoms with van der Waals surface area (Å²) in [6.45, 7) is 1.41. The first-order valence-corrected chi connectivity index (χ1v) is 5.81. The van der Waals surface area contributed by atoms with Crippen LogP contribution in [0.5, 0.6) is 0 Å². The van der Waals surface area contributed by atoms with E-state index in [2.05, 4.69) is 15.4 Å². The van der Waals surface area contributed by atoms with Gasteiger partial charge in [0.15, 0.2) is 0 Å². The molecule has 1 aromatic carbocycles. The Hall–Kier alpha value is -1.26. The summed E-state index contributed by atoms with van der Waals surface area (Å²) in [5, 5.41) is 18.2. The number of carboxylic acid groups (broad SMARTS) is 1. The number of aryl methyl sites for hydroxylation is 1. The van der Waals surface area contributed by atoms with Crippen LogP contribution in [0.15, 0.2) is 11.0 Å². The largest absolute Gasteiger partial charge is 1.00 e. The number of nitrogens with one attached hydrogen (secondary N) is 1. The Morgan fingerprint density at radius 2 is 1.89 bits per heavy atom. The van der Waals surface area contributed by atoms with Gasteiger partial charge in [-0.05, 0) is 18.6 Å². The number of hydrogen-bond donors (Lipinski definition) is 3. The van der Waals surface area contributed by atoms with E-state index in [9.17, 15) is 13.2 Å². The summed E-state index contributed by atoms with van der Waals surface area (Å²) in [5.74, 6) is -1.25. The van der Waals surface area contributed by atoms with E-state index >= 15 is 0 Å². The molecule has 1 heterocycles. The molecule has 2 aromatic rings. The van der Waals surface area contributed by atoms with Crippen LogP contribution in [0.3, 0.4) is 0 Å². The fourth-order valence-corrected chi connectivity index (χ4v) is 2.28. The number of fused-ring (bicyclic) bond motifs is 1. The molecule has 0 saturated heterocycles. The van der Waals surface area contributed by atoms with Crippen molar-refractivity contribution in [3.05, 3.63) is 17.2 Å². The number of aromatic nitrogens is 3. The summed E-state index contributed by atoms with van der Waals surface area (Å²) >= 11 is 0. The minimum Gasteiger partial charge on any atom is -0.478 e. The van der Waals surface area contributed by atoms with Crippen molar-refractivity contribution in [1.82, 2.24) is 15.4 Å². The van der Waals surface area contributed by atoms with Crippen LogP contribution in [-0.2, 0) is 32.5 Å². The number of aromatic carboxylic acids is 1. The number of H-pyrrole nitrogens is 1. The molecule has 1 aromatic heterocycles. The summed E-state index contributed by atoms with van der Waals surface area (Å²) in [7, 11) is -4.48. The first-order chi connectivity index (χ1) is 7.82. The number of carbonyl (C=O) groups is 1. The van der Waals surface area contributed by atoms with E-state index < -0.39 is 21.0 Å². The zero-order valence-electron chi connectivity index (χ0n) is 8.80. The van der Waals surface area contributed by atoms with Crippen LogP contribution in [-0.4, -0.2) is 39.5 Å². The van der Waals surface area contributed by atoms with Gasteiger partial charge in [-0.2, -0.15) is 23.8 Å². The van der Waals surface area contributed by atoms with Crippen molar-refractivity contribution in [1.29, 1.82) is 0 Å². The zero-order chi connectivity index (χ0) is 12.8. The van der Waals surface area contributed by atoms with Gasteiger partial charge in [-0.15, -0.1) is 0 Å². The quantitative estimate of drug-likeness (QED) is 0.512. The average Bonchev–Trinajstić information content (AvgIpc) is 2.61. The van der Waals surface area contributed by atoms with Gasteiger partial charge in [0.05, 0.1) is 5.56 Å². The maximum Gasteiger partial charge on any atom is 1.00 e. The summed E-state index contributed by atoms with van der Waals surface area (Å²) in [5.41, 5.74) is -0.284. The van der Waals surface area contributed by atoms with Gasteiger partial charge in [0.1, 0.15) is 15.9 Å². The van der Waals surface area contributed by atoms with E-state index in [0.717, 1.165) is 6.07 Å². The van der Waals surface area contributed by atoms with Gasteiger partial charge in [-0.25, -0.2) is 4.79 Å². The minimum absolute atomic E-state index is 0. The van der Waals surface area contributed by atoms with E-state index in [1.807, 2.05) is 0 Å². The Morgan fingerprint density at radius 1 is 1.33 bits per heavy atom. The molecule has 8 nitrogen and oxygen atoms in total. The Kier molecular flexibility index (Phi) is 3.93. The number of carboxylic acids is 1. The Bertz CT molecular complexity index is 724. The molecule has 0 aliphatic rings. The van der Waals surface area contributed by atoms with Crippen molar-refractivity contribution in [2.75, 3.05) is 0 Å². The third-order valence-corrected chi connectivity index (χ3v) is 3.12. The van der Waals surface area contributed by atoms with E-state index in [-0.39, 0.29) is 44.5 Å². The summed E-state index contributed by atoms with van der Waals surface area (Å²) in [4.78, 5) is 10.5. The number of rotatable bonds is 2. The Morgan fingerprint density at radius 3 is 2.39 bits per heavy atom. The van der Waals surface area contributed by atoms with Crippen LogP contribution in [0.2, 0.25) is 0 Å². The molecule has 18 heavy (non-hydrogen) atoms. The second-order valence-electron chi connectivity index (χ2n) is 3.37. The van der Waals surface area contributed by atoms with Crippen molar-refractivity contribution >= 4 is 27.1 Å². The summed E-state index contributed by atoms with van der Waals surface area (Å²) < 4.78 is 31.2. The van der Waals surface area contributed by atoms with Gasteiger partial charge in [-0.3, -0.25) is 4.55 Å². The molecule has 0 saturated carbocycles. The van der Waals surface area contributed by atoms with E-state index in [1.54, 1.807) is 0 Å². The third-order valence-electron chi connectivity index (χ3n) is 2.25. The molecule has 3 N–H and O–H groups in total. The van der Waals surface area contributed by atoms with E-state index in [0.29, 0.717) is 0 Å².